The second-order valence-corrected chi connectivity index (χ2v) is 6.52. The molecule has 1 atom stereocenters. The van der Waals surface area contributed by atoms with Crippen LogP contribution >= 0.6 is 24.2 Å². The molecule has 0 radical (unpaired) electrons. The van der Waals surface area contributed by atoms with Crippen molar-refractivity contribution in [2.75, 3.05) is 39.6 Å². The van der Waals surface area contributed by atoms with E-state index in [1.165, 1.54) is 29.8 Å². The van der Waals surface area contributed by atoms with Crippen LogP contribution in [0.5, 0.6) is 11.5 Å². The normalized spacial score (nSPS) is 21.3. The van der Waals surface area contributed by atoms with Crippen LogP contribution in [-0.4, -0.2) is 50.5 Å². The second-order valence-electron chi connectivity index (χ2n) is 5.67. The fourth-order valence-electron chi connectivity index (χ4n) is 3.10. The monoisotopic (exact) mass is 344 g/mol. The standard InChI is InChI=1S/C16H24N2O2S.ClH/c1-17-13-4-3-5-18(11-13)10-12-8-14-15(9-16(12)21-2)20-7-6-19-14;/h8-9,13,17H,3-7,10-11H2,1-2H3;1H. The van der Waals surface area contributed by atoms with Gasteiger partial charge < -0.3 is 14.8 Å². The molecule has 22 heavy (non-hydrogen) atoms. The van der Waals surface area contributed by atoms with E-state index in [2.05, 4.69) is 35.7 Å². The number of likely N-dealkylation sites (tertiary alicyclic amines) is 1. The van der Waals surface area contributed by atoms with E-state index in [1.54, 1.807) is 11.8 Å². The number of hydrogen-bond donors (Lipinski definition) is 1. The number of nitrogens with zero attached hydrogens (tertiary/aromatic N) is 1. The van der Waals surface area contributed by atoms with Gasteiger partial charge in [0, 0.05) is 24.0 Å². The molecular weight excluding hydrogens is 320 g/mol. The summed E-state index contributed by atoms with van der Waals surface area (Å²) in [7, 11) is 2.06. The molecule has 1 fully saturated rings. The zero-order valence-corrected chi connectivity index (χ0v) is 14.9. The fraction of sp³-hybridized carbons (Fsp3) is 0.625. The van der Waals surface area contributed by atoms with Crippen LogP contribution in [0.1, 0.15) is 18.4 Å². The zero-order valence-electron chi connectivity index (χ0n) is 13.3. The Bertz CT molecular complexity index is 501. The molecule has 4 nitrogen and oxygen atoms in total. The Hall–Kier alpha value is -0.620. The zero-order chi connectivity index (χ0) is 14.7. The quantitative estimate of drug-likeness (QED) is 0.849. The summed E-state index contributed by atoms with van der Waals surface area (Å²) < 4.78 is 11.4. The van der Waals surface area contributed by atoms with Crippen LogP contribution in [0.4, 0.5) is 0 Å². The molecular formula is C16H25ClN2O2S. The molecule has 2 heterocycles. The van der Waals surface area contributed by atoms with Gasteiger partial charge in [0.1, 0.15) is 13.2 Å². The van der Waals surface area contributed by atoms with Crippen LogP contribution in [0.2, 0.25) is 0 Å². The van der Waals surface area contributed by atoms with Gasteiger partial charge in [-0.2, -0.15) is 0 Å². The van der Waals surface area contributed by atoms with E-state index in [4.69, 9.17) is 9.47 Å². The number of rotatable bonds is 4. The van der Waals surface area contributed by atoms with Crippen molar-refractivity contribution in [2.45, 2.75) is 30.3 Å². The minimum absolute atomic E-state index is 0. The van der Waals surface area contributed by atoms with E-state index in [9.17, 15) is 0 Å². The Morgan fingerprint density at radius 1 is 1.27 bits per heavy atom. The highest BCUT2D eigenvalue weighted by Gasteiger charge is 2.21. The lowest BCUT2D eigenvalue weighted by Gasteiger charge is -2.33. The highest BCUT2D eigenvalue weighted by molar-refractivity contribution is 7.98. The van der Waals surface area contributed by atoms with E-state index in [1.807, 2.05) is 0 Å². The van der Waals surface area contributed by atoms with E-state index >= 15 is 0 Å². The molecule has 0 saturated carbocycles. The van der Waals surface area contributed by atoms with Gasteiger partial charge >= 0.3 is 0 Å². The molecule has 0 aliphatic carbocycles. The molecule has 6 heteroatoms. The van der Waals surface area contributed by atoms with Crippen molar-refractivity contribution in [1.82, 2.24) is 10.2 Å². The number of hydrogen-bond acceptors (Lipinski definition) is 5. The highest BCUT2D eigenvalue weighted by atomic mass is 35.5. The van der Waals surface area contributed by atoms with Gasteiger partial charge in [0.05, 0.1) is 0 Å². The first-order chi connectivity index (χ1) is 10.3. The average molecular weight is 345 g/mol. The molecule has 1 aromatic rings. The van der Waals surface area contributed by atoms with Gasteiger partial charge in [-0.25, -0.2) is 0 Å². The van der Waals surface area contributed by atoms with Crippen molar-refractivity contribution in [3.05, 3.63) is 17.7 Å². The van der Waals surface area contributed by atoms with Gasteiger partial charge in [-0.15, -0.1) is 24.2 Å². The number of benzene rings is 1. The summed E-state index contributed by atoms with van der Waals surface area (Å²) in [5.74, 6) is 1.79. The summed E-state index contributed by atoms with van der Waals surface area (Å²) in [6.45, 7) is 4.59. The van der Waals surface area contributed by atoms with Crippen molar-refractivity contribution in [3.63, 3.8) is 0 Å². The maximum atomic E-state index is 5.73. The van der Waals surface area contributed by atoms with Crippen LogP contribution < -0.4 is 14.8 Å². The largest absolute Gasteiger partial charge is 0.486 e. The summed E-state index contributed by atoms with van der Waals surface area (Å²) in [5.41, 5.74) is 1.35. The maximum absolute atomic E-state index is 5.73. The molecule has 0 spiro atoms. The lowest BCUT2D eigenvalue weighted by atomic mass is 10.0. The minimum atomic E-state index is 0. The predicted octanol–water partition coefficient (Wildman–Crippen LogP) is 2.79. The van der Waals surface area contributed by atoms with Gasteiger partial charge in [-0.3, -0.25) is 4.90 Å². The Morgan fingerprint density at radius 3 is 2.68 bits per heavy atom. The molecule has 0 aromatic heterocycles. The Balaban J connectivity index is 0.00000176. The third-order valence-corrected chi connectivity index (χ3v) is 5.07. The Kier molecular flexibility index (Phi) is 6.68. The predicted molar refractivity (Wildman–Crippen MR) is 93.8 cm³/mol. The lowest BCUT2D eigenvalue weighted by Crippen LogP contribution is -2.43. The molecule has 124 valence electrons. The van der Waals surface area contributed by atoms with Gasteiger partial charge in [0.15, 0.2) is 11.5 Å². The third-order valence-electron chi connectivity index (χ3n) is 4.25. The molecule has 1 aromatic carbocycles. The average Bonchev–Trinajstić information content (AvgIpc) is 2.54. The maximum Gasteiger partial charge on any atom is 0.162 e. The first-order valence-corrected chi connectivity index (χ1v) is 8.88. The molecule has 1 saturated heterocycles. The lowest BCUT2D eigenvalue weighted by molar-refractivity contribution is 0.168. The smallest absolute Gasteiger partial charge is 0.162 e. The number of nitrogens with one attached hydrogen (secondary N) is 1. The molecule has 2 aliphatic rings. The number of piperidine rings is 1. The third kappa shape index (κ3) is 4.02. The summed E-state index contributed by atoms with van der Waals surface area (Å²) in [4.78, 5) is 3.83. The van der Waals surface area contributed by atoms with E-state index in [-0.39, 0.29) is 12.4 Å². The summed E-state index contributed by atoms with van der Waals surface area (Å²) >= 11 is 1.79. The second kappa shape index (κ2) is 8.29. The topological polar surface area (TPSA) is 33.7 Å². The number of fused-ring (bicyclic) bond motifs is 1. The van der Waals surface area contributed by atoms with Crippen molar-refractivity contribution >= 4 is 24.2 Å². The van der Waals surface area contributed by atoms with Crippen LogP contribution in [0.15, 0.2) is 17.0 Å². The fourth-order valence-corrected chi connectivity index (χ4v) is 3.71. The molecule has 0 bridgehead atoms. The number of likely N-dealkylation sites (N-methyl/N-ethyl adjacent to an activating group) is 1. The van der Waals surface area contributed by atoms with Crippen LogP contribution in [0, 0.1) is 0 Å². The summed E-state index contributed by atoms with van der Waals surface area (Å²) in [6.07, 6.45) is 4.68. The van der Waals surface area contributed by atoms with E-state index < -0.39 is 0 Å². The van der Waals surface area contributed by atoms with E-state index in [0.717, 1.165) is 24.6 Å². The first kappa shape index (κ1) is 17.7. The number of ether oxygens (including phenoxy) is 2. The molecule has 0 amide bonds. The van der Waals surface area contributed by atoms with Crippen molar-refractivity contribution in [2.24, 2.45) is 0 Å². The van der Waals surface area contributed by atoms with Gasteiger partial charge in [-0.1, -0.05) is 0 Å². The minimum Gasteiger partial charge on any atom is -0.486 e. The number of halogens is 1. The van der Waals surface area contributed by atoms with Crippen LogP contribution in [0.25, 0.3) is 0 Å². The summed E-state index contributed by atoms with van der Waals surface area (Å²) in [5, 5.41) is 3.41. The Labute approximate surface area is 143 Å². The van der Waals surface area contributed by atoms with Crippen molar-refractivity contribution in [1.29, 1.82) is 0 Å². The van der Waals surface area contributed by atoms with Crippen LogP contribution in [-0.2, 0) is 6.54 Å². The summed E-state index contributed by atoms with van der Waals surface area (Å²) in [6, 6.07) is 4.92. The molecule has 3 rings (SSSR count). The van der Waals surface area contributed by atoms with Gasteiger partial charge in [0.2, 0.25) is 0 Å². The van der Waals surface area contributed by atoms with Crippen molar-refractivity contribution in [3.8, 4) is 11.5 Å². The van der Waals surface area contributed by atoms with Crippen LogP contribution in [0.3, 0.4) is 0 Å². The molecule has 1 N–H and O–H groups in total. The molecule has 2 aliphatic heterocycles. The van der Waals surface area contributed by atoms with E-state index in [0.29, 0.717) is 19.3 Å². The SMILES string of the molecule is CNC1CCCN(Cc2cc3c(cc2SC)OCCO3)C1.Cl. The van der Waals surface area contributed by atoms with Crippen molar-refractivity contribution < 1.29 is 9.47 Å². The highest BCUT2D eigenvalue weighted by Crippen LogP contribution is 2.37. The molecule has 1 unspecified atom stereocenters. The van der Waals surface area contributed by atoms with Gasteiger partial charge in [0.25, 0.3) is 0 Å². The Morgan fingerprint density at radius 2 is 2.00 bits per heavy atom. The number of thioether (sulfide) groups is 1. The van der Waals surface area contributed by atoms with Gasteiger partial charge in [-0.05, 0) is 50.4 Å². The first-order valence-electron chi connectivity index (χ1n) is 7.66.